The van der Waals surface area contributed by atoms with Crippen molar-refractivity contribution in [2.75, 3.05) is 0 Å². The third-order valence-electron chi connectivity index (χ3n) is 12.4. The molecule has 3 N–H and O–H groups in total. The van der Waals surface area contributed by atoms with Crippen molar-refractivity contribution in [1.29, 1.82) is 0 Å². The number of rotatable bonds is 11. The second-order valence-electron chi connectivity index (χ2n) is 16.8. The Hall–Kier alpha value is -1.16. The zero-order valence-corrected chi connectivity index (χ0v) is 28.8. The lowest BCUT2D eigenvalue weighted by molar-refractivity contribution is -0.187. The summed E-state index contributed by atoms with van der Waals surface area (Å²) in [7, 11) is 0. The van der Waals surface area contributed by atoms with E-state index in [0.717, 1.165) is 18.4 Å². The Morgan fingerprint density at radius 1 is 0.833 bits per heavy atom. The second-order valence-corrected chi connectivity index (χ2v) is 16.8. The van der Waals surface area contributed by atoms with Crippen LogP contribution in [0, 0.1) is 45.8 Å². The topological polar surface area (TPSA) is 60.7 Å². The minimum Gasteiger partial charge on any atom is -0.390 e. The number of hydrogen-bond donors (Lipinski definition) is 3. The van der Waals surface area contributed by atoms with Crippen LogP contribution in [-0.2, 0) is 0 Å². The van der Waals surface area contributed by atoms with Crippen LogP contribution in [0.25, 0.3) is 0 Å². The Balaban J connectivity index is 2.07. The van der Waals surface area contributed by atoms with Gasteiger partial charge in [0.1, 0.15) is 11.2 Å². The van der Waals surface area contributed by atoms with E-state index in [4.69, 9.17) is 0 Å². The molecular weight excluding hydrogens is 516 g/mol. The van der Waals surface area contributed by atoms with Gasteiger partial charge in [-0.3, -0.25) is 0 Å². The van der Waals surface area contributed by atoms with Gasteiger partial charge in [0.25, 0.3) is 0 Å². The molecule has 3 aliphatic rings. The second kappa shape index (κ2) is 13.5. The molecular formula is C39H66O3. The quantitative estimate of drug-likeness (QED) is 0.213. The minimum atomic E-state index is -1.76. The van der Waals surface area contributed by atoms with Crippen LogP contribution in [0.4, 0.5) is 0 Å². The Labute approximate surface area is 259 Å². The summed E-state index contributed by atoms with van der Waals surface area (Å²) >= 11 is 0. The maximum Gasteiger partial charge on any atom is 0.127 e. The normalized spacial score (nSPS) is 34.9. The molecule has 0 aromatic heterocycles. The monoisotopic (exact) mass is 583 g/mol. The first-order chi connectivity index (χ1) is 19.4. The Bertz CT molecular complexity index is 999. The lowest BCUT2D eigenvalue weighted by Crippen LogP contribution is -2.63. The van der Waals surface area contributed by atoms with E-state index in [9.17, 15) is 15.3 Å². The number of aliphatic hydroxyl groups is 3. The van der Waals surface area contributed by atoms with Gasteiger partial charge in [-0.2, -0.15) is 0 Å². The lowest BCUT2D eigenvalue weighted by Gasteiger charge is -2.52. The van der Waals surface area contributed by atoms with Gasteiger partial charge < -0.3 is 15.3 Å². The molecule has 0 radical (unpaired) electrons. The van der Waals surface area contributed by atoms with Gasteiger partial charge in [-0.25, -0.2) is 0 Å². The molecule has 0 aliphatic heterocycles. The average molecular weight is 583 g/mol. The Morgan fingerprint density at radius 2 is 1.33 bits per heavy atom. The summed E-state index contributed by atoms with van der Waals surface area (Å²) < 4.78 is 0. The Morgan fingerprint density at radius 3 is 1.81 bits per heavy atom. The van der Waals surface area contributed by atoms with Crippen molar-refractivity contribution >= 4 is 0 Å². The van der Waals surface area contributed by atoms with E-state index in [1.165, 1.54) is 38.5 Å². The number of aliphatic hydroxyl groups excluding tert-OH is 1. The molecule has 8 atom stereocenters. The van der Waals surface area contributed by atoms with Crippen LogP contribution in [0.3, 0.4) is 0 Å². The summed E-state index contributed by atoms with van der Waals surface area (Å²) in [6, 6.07) is 0. The summed E-state index contributed by atoms with van der Waals surface area (Å²) in [5, 5.41) is 37.3. The molecule has 3 rings (SSSR count). The van der Waals surface area contributed by atoms with Gasteiger partial charge in [-0.15, -0.1) is 6.58 Å². The summed E-state index contributed by atoms with van der Waals surface area (Å²) in [5.41, 5.74) is -2.10. The lowest BCUT2D eigenvalue weighted by atomic mass is 9.59. The predicted molar refractivity (Wildman–Crippen MR) is 179 cm³/mol. The summed E-state index contributed by atoms with van der Waals surface area (Å²) in [6.45, 7) is 24.7. The van der Waals surface area contributed by atoms with E-state index in [1.54, 1.807) is 6.08 Å². The van der Waals surface area contributed by atoms with E-state index in [2.05, 4.69) is 99.3 Å². The molecule has 0 saturated heterocycles. The van der Waals surface area contributed by atoms with Gasteiger partial charge in [-0.1, -0.05) is 124 Å². The fourth-order valence-corrected chi connectivity index (χ4v) is 9.09. The van der Waals surface area contributed by atoms with Crippen molar-refractivity contribution in [2.45, 2.75) is 150 Å². The highest BCUT2D eigenvalue weighted by Crippen LogP contribution is 2.52. The highest BCUT2D eigenvalue weighted by Gasteiger charge is 2.57. The molecule has 240 valence electrons. The van der Waals surface area contributed by atoms with Crippen LogP contribution in [0.5, 0.6) is 0 Å². The average Bonchev–Trinajstić information content (AvgIpc) is 2.88. The molecule has 3 heteroatoms. The van der Waals surface area contributed by atoms with Crippen LogP contribution >= 0.6 is 0 Å². The first-order valence-electron chi connectivity index (χ1n) is 17.2. The molecule has 0 heterocycles. The zero-order valence-electron chi connectivity index (χ0n) is 28.8. The highest BCUT2D eigenvalue weighted by molar-refractivity contribution is 5.33. The molecule has 42 heavy (non-hydrogen) atoms. The molecule has 2 fully saturated rings. The van der Waals surface area contributed by atoms with Crippen molar-refractivity contribution in [2.24, 2.45) is 45.8 Å². The molecule has 0 aromatic rings. The summed E-state index contributed by atoms with van der Waals surface area (Å²) in [4.78, 5) is 0. The molecule has 8 unspecified atom stereocenters. The molecule has 3 aliphatic carbocycles. The van der Waals surface area contributed by atoms with Gasteiger partial charge in [0.15, 0.2) is 0 Å². The largest absolute Gasteiger partial charge is 0.390 e. The SMILES string of the molecule is C=CCC(O)C(O)(CC=CC1C(C)CCCC1(C)C)C(O)(CC=CC1C(C)CCCC1(C)C)C1=CCCC(C)(C)C1C. The van der Waals surface area contributed by atoms with Crippen molar-refractivity contribution in [1.82, 2.24) is 0 Å². The number of allylic oxidation sites excluding steroid dienone is 3. The smallest absolute Gasteiger partial charge is 0.127 e. The van der Waals surface area contributed by atoms with E-state index in [1.807, 2.05) is 0 Å². The molecule has 0 bridgehead atoms. The van der Waals surface area contributed by atoms with Gasteiger partial charge in [0.05, 0.1) is 6.10 Å². The fraction of sp³-hybridized carbons (Fsp3) is 0.795. The third-order valence-corrected chi connectivity index (χ3v) is 12.4. The van der Waals surface area contributed by atoms with Gasteiger partial charge in [0.2, 0.25) is 0 Å². The number of hydrogen-bond acceptors (Lipinski definition) is 3. The molecule has 3 nitrogen and oxygen atoms in total. The molecule has 0 aromatic carbocycles. The van der Waals surface area contributed by atoms with Crippen LogP contribution in [0.1, 0.15) is 133 Å². The van der Waals surface area contributed by atoms with Crippen molar-refractivity contribution in [3.63, 3.8) is 0 Å². The van der Waals surface area contributed by atoms with Crippen LogP contribution in [0.15, 0.2) is 48.6 Å². The molecule has 0 amide bonds. The predicted octanol–water partition coefficient (Wildman–Crippen LogP) is 9.59. The highest BCUT2D eigenvalue weighted by atomic mass is 16.4. The van der Waals surface area contributed by atoms with Crippen LogP contribution < -0.4 is 0 Å². The fourth-order valence-electron chi connectivity index (χ4n) is 9.09. The van der Waals surface area contributed by atoms with Gasteiger partial charge in [0, 0.05) is 6.42 Å². The molecule has 2 saturated carbocycles. The van der Waals surface area contributed by atoms with Gasteiger partial charge >= 0.3 is 0 Å². The molecule has 0 spiro atoms. The minimum absolute atomic E-state index is 0.0106. The van der Waals surface area contributed by atoms with E-state index in [-0.39, 0.29) is 41.4 Å². The van der Waals surface area contributed by atoms with Crippen molar-refractivity contribution < 1.29 is 15.3 Å². The standard InChI is InChI=1S/C39H66O3/c1-11-17-34(40)39(42,27-16-21-32-29(3)19-13-25-37(32,9)10)38(41,33-22-14-23-35(5,6)30(33)4)26-15-20-31-28(2)18-12-24-36(31,7)8/h11,15-16,20-22,28-32,34,40-42H,1,12-14,17-19,23-27H2,2-10H3. The maximum absolute atomic E-state index is 13.0. The third kappa shape index (κ3) is 7.21. The van der Waals surface area contributed by atoms with E-state index in [0.29, 0.717) is 23.7 Å². The summed E-state index contributed by atoms with van der Waals surface area (Å²) in [5.74, 6) is 2.05. The first kappa shape index (κ1) is 35.3. The van der Waals surface area contributed by atoms with Crippen molar-refractivity contribution in [3.8, 4) is 0 Å². The van der Waals surface area contributed by atoms with Crippen LogP contribution in [0.2, 0.25) is 0 Å². The zero-order chi connectivity index (χ0) is 31.6. The summed E-state index contributed by atoms with van der Waals surface area (Å²) in [6.07, 6.45) is 21.4. The van der Waals surface area contributed by atoms with E-state index >= 15 is 0 Å². The first-order valence-corrected chi connectivity index (χ1v) is 17.2. The van der Waals surface area contributed by atoms with Gasteiger partial charge in [-0.05, 0) is 89.9 Å². The van der Waals surface area contributed by atoms with Crippen molar-refractivity contribution in [3.05, 3.63) is 48.6 Å². The van der Waals surface area contributed by atoms with Crippen LogP contribution in [-0.4, -0.2) is 32.6 Å². The maximum atomic E-state index is 13.0. The van der Waals surface area contributed by atoms with E-state index < -0.39 is 17.3 Å². The Kier molecular flexibility index (Phi) is 11.3.